The highest BCUT2D eigenvalue weighted by molar-refractivity contribution is 5.75. The smallest absolute Gasteiger partial charge is 0.323 e. The second kappa shape index (κ2) is 9.10. The van der Waals surface area contributed by atoms with Gasteiger partial charge in [0.25, 0.3) is 6.47 Å². The molecule has 5 nitrogen and oxygen atoms in total. The Kier molecular flexibility index (Phi) is 7.27. The van der Waals surface area contributed by atoms with E-state index in [9.17, 15) is 9.59 Å². The van der Waals surface area contributed by atoms with Crippen molar-refractivity contribution >= 4 is 12.4 Å². The Balaban J connectivity index is 2.16. The van der Waals surface area contributed by atoms with Gasteiger partial charge in [-0.05, 0) is 24.8 Å². The van der Waals surface area contributed by atoms with Crippen LogP contribution in [-0.4, -0.2) is 31.7 Å². The average Bonchev–Trinajstić information content (AvgIpc) is 2.43. The molecule has 0 aliphatic heterocycles. The van der Waals surface area contributed by atoms with Crippen molar-refractivity contribution in [2.24, 2.45) is 5.73 Å². The molecule has 2 N–H and O–H groups in total. The van der Waals surface area contributed by atoms with Crippen LogP contribution in [0.15, 0.2) is 30.3 Å². The van der Waals surface area contributed by atoms with Crippen LogP contribution in [0.3, 0.4) is 0 Å². The number of unbranched alkanes of at least 4 members (excludes halogenated alkanes) is 1. The predicted octanol–water partition coefficient (Wildman–Crippen LogP) is 1.05. The average molecular weight is 265 g/mol. The molecular weight excluding hydrogens is 246 g/mol. The largest absolute Gasteiger partial charge is 0.468 e. The molecule has 0 spiro atoms. The van der Waals surface area contributed by atoms with Crippen LogP contribution in [0, 0.1) is 0 Å². The van der Waals surface area contributed by atoms with Gasteiger partial charge in [-0.15, -0.1) is 0 Å². The SMILES string of the molecule is NC(Cc1ccccc1)C(=O)OCCCCOC=O. The highest BCUT2D eigenvalue weighted by Crippen LogP contribution is 2.03. The molecule has 0 saturated heterocycles. The minimum atomic E-state index is -0.645. The molecule has 0 bridgehead atoms. The standard InChI is InChI=1S/C14H19NO4/c15-13(10-12-6-2-1-3-7-12)14(17)19-9-5-4-8-18-11-16/h1-3,6-7,11,13H,4-5,8-10,15H2. The zero-order valence-corrected chi connectivity index (χ0v) is 10.8. The van der Waals surface area contributed by atoms with E-state index in [0.717, 1.165) is 5.56 Å². The summed E-state index contributed by atoms with van der Waals surface area (Å²) in [5, 5.41) is 0. The summed E-state index contributed by atoms with van der Waals surface area (Å²) in [5.74, 6) is -0.403. The second-order valence-electron chi connectivity index (χ2n) is 4.14. The van der Waals surface area contributed by atoms with Crippen molar-refractivity contribution in [3.63, 3.8) is 0 Å². The zero-order valence-electron chi connectivity index (χ0n) is 10.8. The molecule has 104 valence electrons. The first kappa shape index (κ1) is 15.2. The van der Waals surface area contributed by atoms with Gasteiger partial charge in [0.05, 0.1) is 13.2 Å². The molecule has 0 aliphatic carbocycles. The highest BCUT2D eigenvalue weighted by Gasteiger charge is 2.15. The molecule has 0 saturated carbocycles. The van der Waals surface area contributed by atoms with E-state index in [0.29, 0.717) is 38.9 Å². The first-order valence-electron chi connectivity index (χ1n) is 6.25. The lowest BCUT2D eigenvalue weighted by atomic mass is 10.1. The maximum absolute atomic E-state index is 11.6. The number of nitrogens with two attached hydrogens (primary N) is 1. The first-order chi connectivity index (χ1) is 9.24. The minimum Gasteiger partial charge on any atom is -0.468 e. The molecule has 0 radical (unpaired) electrons. The van der Waals surface area contributed by atoms with Crippen molar-refractivity contribution in [3.8, 4) is 0 Å². The molecule has 1 aromatic rings. The molecule has 0 aliphatic rings. The lowest BCUT2D eigenvalue weighted by molar-refractivity contribution is -0.145. The van der Waals surface area contributed by atoms with E-state index in [4.69, 9.17) is 10.5 Å². The molecular formula is C14H19NO4. The van der Waals surface area contributed by atoms with E-state index in [1.807, 2.05) is 30.3 Å². The molecule has 19 heavy (non-hydrogen) atoms. The molecule has 0 heterocycles. The van der Waals surface area contributed by atoms with Crippen molar-refractivity contribution in [2.45, 2.75) is 25.3 Å². The van der Waals surface area contributed by atoms with Gasteiger partial charge in [0.1, 0.15) is 6.04 Å². The monoisotopic (exact) mass is 265 g/mol. The highest BCUT2D eigenvalue weighted by atomic mass is 16.5. The summed E-state index contributed by atoms with van der Waals surface area (Å²) in [5.41, 5.74) is 6.77. The summed E-state index contributed by atoms with van der Waals surface area (Å²) in [7, 11) is 0. The number of ether oxygens (including phenoxy) is 2. The van der Waals surface area contributed by atoms with Crippen LogP contribution in [-0.2, 0) is 25.5 Å². The van der Waals surface area contributed by atoms with Crippen LogP contribution in [0.2, 0.25) is 0 Å². The summed E-state index contributed by atoms with van der Waals surface area (Å²) in [6, 6.07) is 8.91. The van der Waals surface area contributed by atoms with E-state index >= 15 is 0 Å². The van der Waals surface area contributed by atoms with Crippen molar-refractivity contribution in [3.05, 3.63) is 35.9 Å². The molecule has 1 unspecified atom stereocenters. The van der Waals surface area contributed by atoms with Crippen molar-refractivity contribution in [1.29, 1.82) is 0 Å². The first-order valence-corrected chi connectivity index (χ1v) is 6.25. The molecule has 1 atom stereocenters. The van der Waals surface area contributed by atoms with Crippen molar-refractivity contribution in [2.75, 3.05) is 13.2 Å². The summed E-state index contributed by atoms with van der Waals surface area (Å²) in [4.78, 5) is 21.5. The summed E-state index contributed by atoms with van der Waals surface area (Å²) >= 11 is 0. The molecule has 1 rings (SSSR count). The van der Waals surface area contributed by atoms with Crippen LogP contribution in [0.5, 0.6) is 0 Å². The fourth-order valence-electron chi connectivity index (χ4n) is 1.57. The van der Waals surface area contributed by atoms with Crippen LogP contribution in [0.25, 0.3) is 0 Å². The van der Waals surface area contributed by atoms with Crippen molar-refractivity contribution < 1.29 is 19.1 Å². The van der Waals surface area contributed by atoms with E-state index in [1.54, 1.807) is 0 Å². The van der Waals surface area contributed by atoms with Gasteiger partial charge < -0.3 is 15.2 Å². The van der Waals surface area contributed by atoms with Crippen molar-refractivity contribution in [1.82, 2.24) is 0 Å². The quantitative estimate of drug-likeness (QED) is 0.410. The third kappa shape index (κ3) is 6.57. The van der Waals surface area contributed by atoms with Crippen LogP contribution in [0.1, 0.15) is 18.4 Å². The third-order valence-corrected chi connectivity index (χ3v) is 2.57. The Morgan fingerprint density at radius 2 is 1.89 bits per heavy atom. The lowest BCUT2D eigenvalue weighted by Crippen LogP contribution is -2.34. The normalized spacial score (nSPS) is 11.6. The number of benzene rings is 1. The fraction of sp³-hybridized carbons (Fsp3) is 0.429. The number of hydrogen-bond donors (Lipinski definition) is 1. The minimum absolute atomic E-state index is 0.295. The molecule has 0 aromatic heterocycles. The fourth-order valence-corrected chi connectivity index (χ4v) is 1.57. The Morgan fingerprint density at radius 3 is 2.58 bits per heavy atom. The van der Waals surface area contributed by atoms with Gasteiger partial charge in [0.2, 0.25) is 0 Å². The number of carbonyl (C=O) groups is 2. The summed E-state index contributed by atoms with van der Waals surface area (Å²) in [6.07, 6.45) is 1.78. The number of esters is 1. The summed E-state index contributed by atoms with van der Waals surface area (Å²) in [6.45, 7) is 1.04. The zero-order chi connectivity index (χ0) is 13.9. The van der Waals surface area contributed by atoms with Gasteiger partial charge >= 0.3 is 5.97 Å². The Morgan fingerprint density at radius 1 is 1.21 bits per heavy atom. The van der Waals surface area contributed by atoms with Gasteiger partial charge in [-0.3, -0.25) is 9.59 Å². The van der Waals surface area contributed by atoms with E-state index < -0.39 is 12.0 Å². The third-order valence-electron chi connectivity index (χ3n) is 2.57. The van der Waals surface area contributed by atoms with E-state index in [1.165, 1.54) is 0 Å². The predicted molar refractivity (Wildman–Crippen MR) is 70.3 cm³/mol. The topological polar surface area (TPSA) is 78.6 Å². The Bertz CT molecular complexity index is 380. The maximum Gasteiger partial charge on any atom is 0.323 e. The lowest BCUT2D eigenvalue weighted by Gasteiger charge is -2.11. The molecule has 0 fully saturated rings. The van der Waals surface area contributed by atoms with Gasteiger partial charge in [0.15, 0.2) is 0 Å². The van der Waals surface area contributed by atoms with E-state index in [2.05, 4.69) is 4.74 Å². The van der Waals surface area contributed by atoms with Gasteiger partial charge in [0, 0.05) is 0 Å². The Labute approximate surface area is 112 Å². The van der Waals surface area contributed by atoms with Gasteiger partial charge in [-0.25, -0.2) is 0 Å². The van der Waals surface area contributed by atoms with Crippen LogP contribution in [0.4, 0.5) is 0 Å². The number of rotatable bonds is 9. The molecule has 1 aromatic carbocycles. The summed E-state index contributed by atoms with van der Waals surface area (Å²) < 4.78 is 9.57. The Hall–Kier alpha value is -1.88. The number of hydrogen-bond acceptors (Lipinski definition) is 5. The maximum atomic E-state index is 11.6. The van der Waals surface area contributed by atoms with E-state index in [-0.39, 0.29) is 0 Å². The van der Waals surface area contributed by atoms with Crippen LogP contribution < -0.4 is 5.73 Å². The molecule has 5 heteroatoms. The molecule has 0 amide bonds. The van der Waals surface area contributed by atoms with Gasteiger partial charge in [-0.2, -0.15) is 0 Å². The van der Waals surface area contributed by atoms with Crippen LogP contribution >= 0.6 is 0 Å². The number of carbonyl (C=O) groups excluding carboxylic acids is 2. The second-order valence-corrected chi connectivity index (χ2v) is 4.14. The van der Waals surface area contributed by atoms with Gasteiger partial charge in [-0.1, -0.05) is 30.3 Å².